The summed E-state index contributed by atoms with van der Waals surface area (Å²) in [6.07, 6.45) is 5.01. The Labute approximate surface area is 113 Å². The first-order valence-electron chi connectivity index (χ1n) is 6.90. The van der Waals surface area contributed by atoms with E-state index in [1.54, 1.807) is 6.92 Å². The van der Waals surface area contributed by atoms with E-state index in [0.717, 1.165) is 25.7 Å². The first-order valence-corrected chi connectivity index (χ1v) is 6.90. The van der Waals surface area contributed by atoms with E-state index < -0.39 is 5.54 Å². The van der Waals surface area contributed by atoms with E-state index in [4.69, 9.17) is 10.3 Å². The van der Waals surface area contributed by atoms with Crippen molar-refractivity contribution in [3.63, 3.8) is 0 Å². The topological polar surface area (TPSA) is 94.0 Å². The quantitative estimate of drug-likeness (QED) is 0.855. The van der Waals surface area contributed by atoms with Crippen molar-refractivity contribution >= 4 is 5.91 Å². The van der Waals surface area contributed by atoms with Gasteiger partial charge in [0.2, 0.25) is 11.8 Å². The van der Waals surface area contributed by atoms with Crippen LogP contribution in [0.4, 0.5) is 0 Å². The monoisotopic (exact) mass is 266 g/mol. The van der Waals surface area contributed by atoms with E-state index in [9.17, 15) is 4.79 Å². The largest absolute Gasteiger partial charge is 0.343 e. The zero-order valence-electron chi connectivity index (χ0n) is 11.6. The molecule has 1 aromatic rings. The fourth-order valence-corrected chi connectivity index (χ4v) is 2.52. The summed E-state index contributed by atoms with van der Waals surface area (Å²) >= 11 is 0. The molecule has 1 aliphatic rings. The fourth-order valence-electron chi connectivity index (χ4n) is 2.52. The zero-order chi connectivity index (χ0) is 13.9. The highest BCUT2D eigenvalue weighted by atomic mass is 16.5. The molecule has 2 rings (SSSR count). The van der Waals surface area contributed by atoms with E-state index in [2.05, 4.69) is 15.5 Å². The van der Waals surface area contributed by atoms with Gasteiger partial charge < -0.3 is 15.6 Å². The number of carbonyl (C=O) groups excluding carboxylic acids is 1. The summed E-state index contributed by atoms with van der Waals surface area (Å²) in [6.45, 7) is 3.93. The van der Waals surface area contributed by atoms with Crippen molar-refractivity contribution in [2.75, 3.05) is 6.54 Å². The molecule has 1 aromatic heterocycles. The molecule has 0 radical (unpaired) electrons. The van der Waals surface area contributed by atoms with Crippen molar-refractivity contribution in [2.45, 2.75) is 51.5 Å². The third-order valence-electron chi connectivity index (χ3n) is 3.83. The Morgan fingerprint density at radius 2 is 2.16 bits per heavy atom. The van der Waals surface area contributed by atoms with Crippen molar-refractivity contribution in [1.29, 1.82) is 0 Å². The van der Waals surface area contributed by atoms with Crippen molar-refractivity contribution in [1.82, 2.24) is 15.5 Å². The average Bonchev–Trinajstić information content (AvgIpc) is 2.86. The second-order valence-corrected chi connectivity index (χ2v) is 5.41. The SMILES string of the molecule is Cc1nc(C2(NC(=O)C(C)CN)CCCCC2)no1. The summed E-state index contributed by atoms with van der Waals surface area (Å²) in [6, 6.07) is 0. The molecule has 3 N–H and O–H groups in total. The van der Waals surface area contributed by atoms with Crippen LogP contribution in [0.15, 0.2) is 4.52 Å². The van der Waals surface area contributed by atoms with Crippen LogP contribution in [0.1, 0.15) is 50.7 Å². The van der Waals surface area contributed by atoms with E-state index in [1.807, 2.05) is 6.92 Å². The van der Waals surface area contributed by atoms with Gasteiger partial charge in [-0.3, -0.25) is 4.79 Å². The normalized spacial score (nSPS) is 19.9. The Kier molecular flexibility index (Phi) is 4.19. The smallest absolute Gasteiger partial charge is 0.224 e. The third kappa shape index (κ3) is 2.94. The fraction of sp³-hybridized carbons (Fsp3) is 0.769. The number of nitrogens with zero attached hydrogens (tertiary/aromatic N) is 2. The lowest BCUT2D eigenvalue weighted by Gasteiger charge is -2.36. The first-order chi connectivity index (χ1) is 9.07. The second-order valence-electron chi connectivity index (χ2n) is 5.41. The van der Waals surface area contributed by atoms with E-state index >= 15 is 0 Å². The number of amides is 1. The van der Waals surface area contributed by atoms with E-state index in [-0.39, 0.29) is 11.8 Å². The number of aryl methyl sites for hydroxylation is 1. The van der Waals surface area contributed by atoms with Gasteiger partial charge in [0.1, 0.15) is 5.54 Å². The Balaban J connectivity index is 2.22. The highest BCUT2D eigenvalue weighted by molar-refractivity contribution is 5.79. The van der Waals surface area contributed by atoms with Crippen LogP contribution in [0, 0.1) is 12.8 Å². The molecule has 0 aromatic carbocycles. The van der Waals surface area contributed by atoms with Crippen LogP contribution in [0.2, 0.25) is 0 Å². The Morgan fingerprint density at radius 1 is 1.47 bits per heavy atom. The van der Waals surface area contributed by atoms with Gasteiger partial charge in [0.15, 0.2) is 5.82 Å². The van der Waals surface area contributed by atoms with Crippen LogP contribution in [-0.2, 0) is 10.3 Å². The van der Waals surface area contributed by atoms with Crippen LogP contribution in [-0.4, -0.2) is 22.6 Å². The zero-order valence-corrected chi connectivity index (χ0v) is 11.6. The molecule has 1 amide bonds. The van der Waals surface area contributed by atoms with Crippen molar-refractivity contribution < 1.29 is 9.32 Å². The number of hydrogen-bond donors (Lipinski definition) is 2. The molecule has 19 heavy (non-hydrogen) atoms. The molecular formula is C13H22N4O2. The maximum atomic E-state index is 12.2. The van der Waals surface area contributed by atoms with Gasteiger partial charge in [-0.05, 0) is 12.8 Å². The summed E-state index contributed by atoms with van der Waals surface area (Å²) in [5.41, 5.74) is 5.08. The van der Waals surface area contributed by atoms with Crippen LogP contribution in [0.5, 0.6) is 0 Å². The molecule has 1 heterocycles. The van der Waals surface area contributed by atoms with Crippen molar-refractivity contribution in [3.05, 3.63) is 11.7 Å². The van der Waals surface area contributed by atoms with Crippen LogP contribution in [0.3, 0.4) is 0 Å². The van der Waals surface area contributed by atoms with Gasteiger partial charge in [0, 0.05) is 19.4 Å². The van der Waals surface area contributed by atoms with Gasteiger partial charge >= 0.3 is 0 Å². The van der Waals surface area contributed by atoms with Crippen molar-refractivity contribution in [2.24, 2.45) is 11.7 Å². The molecule has 1 unspecified atom stereocenters. The summed E-state index contributed by atoms with van der Waals surface area (Å²) in [4.78, 5) is 16.5. The maximum absolute atomic E-state index is 12.2. The number of nitrogens with two attached hydrogens (primary N) is 1. The number of carbonyl (C=O) groups is 1. The molecule has 0 aliphatic heterocycles. The summed E-state index contributed by atoms with van der Waals surface area (Å²) < 4.78 is 5.07. The predicted molar refractivity (Wildman–Crippen MR) is 70.2 cm³/mol. The second kappa shape index (κ2) is 5.69. The molecule has 1 aliphatic carbocycles. The lowest BCUT2D eigenvalue weighted by atomic mass is 9.80. The maximum Gasteiger partial charge on any atom is 0.224 e. The predicted octanol–water partition coefficient (Wildman–Crippen LogP) is 1.25. The minimum Gasteiger partial charge on any atom is -0.343 e. The molecule has 0 saturated heterocycles. The minimum atomic E-state index is -0.476. The van der Waals surface area contributed by atoms with E-state index in [1.165, 1.54) is 6.42 Å². The standard InChI is InChI=1S/C13H22N4O2/c1-9(8-14)11(18)16-13(6-4-3-5-7-13)12-15-10(2)19-17-12/h9H,3-8,14H2,1-2H3,(H,16,18). The summed E-state index contributed by atoms with van der Waals surface area (Å²) in [5, 5.41) is 7.13. The molecule has 0 spiro atoms. The van der Waals surface area contributed by atoms with Gasteiger partial charge in [0.05, 0.1) is 0 Å². The van der Waals surface area contributed by atoms with Gasteiger partial charge in [-0.15, -0.1) is 0 Å². The summed E-state index contributed by atoms with van der Waals surface area (Å²) in [7, 11) is 0. The van der Waals surface area contributed by atoms with Gasteiger partial charge in [-0.2, -0.15) is 4.98 Å². The van der Waals surface area contributed by atoms with E-state index in [0.29, 0.717) is 18.3 Å². The number of rotatable bonds is 4. The Hall–Kier alpha value is -1.43. The van der Waals surface area contributed by atoms with Crippen LogP contribution >= 0.6 is 0 Å². The lowest BCUT2D eigenvalue weighted by molar-refractivity contribution is -0.127. The number of nitrogens with one attached hydrogen (secondary N) is 1. The molecule has 106 valence electrons. The molecule has 0 bridgehead atoms. The molecule has 6 nitrogen and oxygen atoms in total. The van der Waals surface area contributed by atoms with Gasteiger partial charge in [-0.1, -0.05) is 31.3 Å². The highest BCUT2D eigenvalue weighted by Gasteiger charge is 2.40. The third-order valence-corrected chi connectivity index (χ3v) is 3.83. The highest BCUT2D eigenvalue weighted by Crippen LogP contribution is 2.35. The molecule has 1 atom stereocenters. The van der Waals surface area contributed by atoms with Crippen LogP contribution in [0.25, 0.3) is 0 Å². The minimum absolute atomic E-state index is 0.0353. The molecule has 6 heteroatoms. The average molecular weight is 266 g/mol. The lowest BCUT2D eigenvalue weighted by Crippen LogP contribution is -2.50. The van der Waals surface area contributed by atoms with Gasteiger partial charge in [-0.25, -0.2) is 0 Å². The number of aromatic nitrogens is 2. The summed E-state index contributed by atoms with van der Waals surface area (Å²) in [5.74, 6) is 0.891. The number of hydrogen-bond acceptors (Lipinski definition) is 5. The molecule has 1 saturated carbocycles. The Bertz CT molecular complexity index is 438. The Morgan fingerprint density at radius 3 is 2.68 bits per heavy atom. The van der Waals surface area contributed by atoms with Crippen molar-refractivity contribution in [3.8, 4) is 0 Å². The first kappa shape index (κ1) is 14.0. The van der Waals surface area contributed by atoms with Gasteiger partial charge in [0.25, 0.3) is 0 Å². The van der Waals surface area contributed by atoms with Crippen LogP contribution < -0.4 is 11.1 Å². The molecular weight excluding hydrogens is 244 g/mol. The molecule has 1 fully saturated rings.